The normalized spacial score (nSPS) is 23.1. The van der Waals surface area contributed by atoms with Gasteiger partial charge in [0.2, 0.25) is 0 Å². The van der Waals surface area contributed by atoms with Gasteiger partial charge in [-0.3, -0.25) is 9.69 Å². The summed E-state index contributed by atoms with van der Waals surface area (Å²) in [6.07, 6.45) is 2.68. The molecule has 158 valence electrons. The number of carbonyl (C=O) groups is 1. The maximum Gasteiger partial charge on any atom is 0.323 e. The molecule has 6 heteroatoms. The first kappa shape index (κ1) is 20.5. The van der Waals surface area contributed by atoms with Crippen LogP contribution in [0.25, 0.3) is 0 Å². The van der Waals surface area contributed by atoms with E-state index in [9.17, 15) is 4.79 Å². The van der Waals surface area contributed by atoms with Gasteiger partial charge in [-0.05, 0) is 49.7 Å². The average Bonchev–Trinajstić information content (AvgIpc) is 3.17. The van der Waals surface area contributed by atoms with Gasteiger partial charge in [0, 0.05) is 17.5 Å². The Bertz CT molecular complexity index is 900. The molecule has 0 unspecified atom stereocenters. The summed E-state index contributed by atoms with van der Waals surface area (Å²) in [6.45, 7) is 6.09. The molecule has 0 spiro atoms. The highest BCUT2D eigenvalue weighted by Gasteiger charge is 2.48. The second kappa shape index (κ2) is 9.39. The number of ether oxygens (including phenoxy) is 2. The highest BCUT2D eigenvalue weighted by Crippen LogP contribution is 2.48. The van der Waals surface area contributed by atoms with E-state index in [0.717, 1.165) is 48.5 Å². The van der Waals surface area contributed by atoms with E-state index >= 15 is 0 Å². The topological polar surface area (TPSA) is 63.5 Å². The molecule has 1 saturated heterocycles. The number of likely N-dealkylation sites (tertiary alicyclic amines) is 1. The lowest BCUT2D eigenvalue weighted by Gasteiger charge is -2.34. The molecule has 2 aliphatic rings. The van der Waals surface area contributed by atoms with Crippen LogP contribution in [0.2, 0.25) is 0 Å². The summed E-state index contributed by atoms with van der Waals surface area (Å²) in [6, 6.07) is 15.5. The van der Waals surface area contributed by atoms with Gasteiger partial charge in [-0.2, -0.15) is 10.2 Å². The monoisotopic (exact) mass is 407 g/mol. The van der Waals surface area contributed by atoms with Crippen LogP contribution in [-0.2, 0) is 9.53 Å². The van der Waals surface area contributed by atoms with Gasteiger partial charge in [-0.1, -0.05) is 38.5 Å². The van der Waals surface area contributed by atoms with E-state index in [-0.39, 0.29) is 24.0 Å². The smallest absolute Gasteiger partial charge is 0.323 e. The molecular formula is C24H29N3O3. The van der Waals surface area contributed by atoms with Crippen molar-refractivity contribution < 1.29 is 14.3 Å². The number of azo groups is 1. The Morgan fingerprint density at radius 3 is 2.70 bits per heavy atom. The zero-order chi connectivity index (χ0) is 20.9. The van der Waals surface area contributed by atoms with Crippen molar-refractivity contribution in [2.75, 3.05) is 19.8 Å². The first-order valence-electron chi connectivity index (χ1n) is 10.9. The number of likely N-dealkylation sites (N-methyl/N-ethyl adjacent to an activating group) is 1. The molecule has 3 atom stereocenters. The highest BCUT2D eigenvalue weighted by molar-refractivity contribution is 5.76. The Labute approximate surface area is 177 Å². The van der Waals surface area contributed by atoms with Crippen molar-refractivity contribution in [2.45, 2.75) is 45.2 Å². The number of fused-ring (bicyclic) bond motifs is 3. The van der Waals surface area contributed by atoms with Crippen molar-refractivity contribution >= 4 is 17.3 Å². The number of nitrogens with zero attached hydrogens (tertiary/aromatic N) is 3. The van der Waals surface area contributed by atoms with Gasteiger partial charge in [0.25, 0.3) is 0 Å². The summed E-state index contributed by atoms with van der Waals surface area (Å²) in [7, 11) is 0. The maximum absolute atomic E-state index is 12.7. The van der Waals surface area contributed by atoms with Gasteiger partial charge in [0.15, 0.2) is 0 Å². The molecule has 2 heterocycles. The molecular weight excluding hydrogens is 378 g/mol. The van der Waals surface area contributed by atoms with Gasteiger partial charge in [0.1, 0.15) is 11.8 Å². The van der Waals surface area contributed by atoms with Crippen LogP contribution in [0, 0.1) is 5.92 Å². The molecule has 2 aliphatic heterocycles. The van der Waals surface area contributed by atoms with Crippen molar-refractivity contribution in [3.63, 3.8) is 0 Å². The molecule has 30 heavy (non-hydrogen) atoms. The van der Waals surface area contributed by atoms with Crippen LogP contribution >= 0.6 is 0 Å². The zero-order valence-electron chi connectivity index (χ0n) is 17.7. The van der Waals surface area contributed by atoms with Crippen LogP contribution in [0.4, 0.5) is 11.4 Å². The minimum atomic E-state index is -0.217. The van der Waals surface area contributed by atoms with Crippen molar-refractivity contribution in [1.29, 1.82) is 0 Å². The van der Waals surface area contributed by atoms with Crippen molar-refractivity contribution in [3.8, 4) is 5.75 Å². The van der Waals surface area contributed by atoms with Crippen molar-refractivity contribution in [2.24, 2.45) is 16.1 Å². The Morgan fingerprint density at radius 2 is 1.93 bits per heavy atom. The lowest BCUT2D eigenvalue weighted by atomic mass is 9.90. The highest BCUT2D eigenvalue weighted by atomic mass is 16.5. The molecule has 0 aromatic heterocycles. The van der Waals surface area contributed by atoms with Gasteiger partial charge in [0.05, 0.1) is 24.6 Å². The lowest BCUT2D eigenvalue weighted by molar-refractivity contribution is -0.149. The first-order chi connectivity index (χ1) is 14.7. The summed E-state index contributed by atoms with van der Waals surface area (Å²) < 4.78 is 11.6. The SMILES string of the molecule is CCCCOC(=O)[C@H]1C[C@@H]2COc3ccc(N=Nc4ccccc4)cc3[C@@H]2N1CC. The number of benzene rings is 2. The zero-order valence-corrected chi connectivity index (χ0v) is 17.7. The van der Waals surface area contributed by atoms with Crippen LogP contribution in [0.3, 0.4) is 0 Å². The molecule has 0 saturated carbocycles. The van der Waals surface area contributed by atoms with E-state index in [1.807, 2.05) is 48.5 Å². The Morgan fingerprint density at radius 1 is 1.13 bits per heavy atom. The van der Waals surface area contributed by atoms with E-state index in [2.05, 4.69) is 29.0 Å². The van der Waals surface area contributed by atoms with E-state index in [0.29, 0.717) is 13.2 Å². The third-order valence-electron chi connectivity index (χ3n) is 5.91. The van der Waals surface area contributed by atoms with E-state index in [4.69, 9.17) is 9.47 Å². The molecule has 0 N–H and O–H groups in total. The fourth-order valence-electron chi connectivity index (χ4n) is 4.44. The van der Waals surface area contributed by atoms with Crippen LogP contribution in [-0.4, -0.2) is 36.7 Å². The predicted octanol–water partition coefficient (Wildman–Crippen LogP) is 5.59. The van der Waals surface area contributed by atoms with Crippen LogP contribution in [0.5, 0.6) is 5.75 Å². The Hall–Kier alpha value is -2.73. The second-order valence-electron chi connectivity index (χ2n) is 7.88. The lowest BCUT2D eigenvalue weighted by Crippen LogP contribution is -2.39. The minimum absolute atomic E-state index is 0.110. The molecule has 0 amide bonds. The molecule has 2 aromatic carbocycles. The quantitative estimate of drug-likeness (QED) is 0.341. The van der Waals surface area contributed by atoms with Crippen LogP contribution < -0.4 is 4.74 Å². The number of carbonyl (C=O) groups excluding carboxylic acids is 1. The number of unbranched alkanes of at least 4 members (excludes halogenated alkanes) is 1. The standard InChI is InChI=1S/C24H29N3O3/c1-3-5-13-29-24(28)21-14-17-16-30-22-12-11-19(15-20(22)23(17)27(21)4-2)26-25-18-9-7-6-8-10-18/h6-12,15,17,21,23H,3-5,13-14,16H2,1-2H3/t17-,21-,23-/m1/s1. The Kier molecular flexibility index (Phi) is 6.43. The van der Waals surface area contributed by atoms with Crippen molar-refractivity contribution in [1.82, 2.24) is 4.90 Å². The van der Waals surface area contributed by atoms with Gasteiger partial charge in [-0.15, -0.1) is 0 Å². The molecule has 0 bridgehead atoms. The number of esters is 1. The van der Waals surface area contributed by atoms with E-state index in [1.165, 1.54) is 0 Å². The molecule has 0 radical (unpaired) electrons. The third-order valence-corrected chi connectivity index (χ3v) is 5.91. The van der Waals surface area contributed by atoms with Crippen molar-refractivity contribution in [3.05, 3.63) is 54.1 Å². The number of hydrogen-bond donors (Lipinski definition) is 0. The predicted molar refractivity (Wildman–Crippen MR) is 115 cm³/mol. The third kappa shape index (κ3) is 4.24. The summed E-state index contributed by atoms with van der Waals surface area (Å²) >= 11 is 0. The molecule has 4 rings (SSSR count). The summed E-state index contributed by atoms with van der Waals surface area (Å²) in [5, 5.41) is 8.74. The van der Waals surface area contributed by atoms with E-state index in [1.54, 1.807) is 0 Å². The minimum Gasteiger partial charge on any atom is -0.493 e. The summed E-state index contributed by atoms with van der Waals surface area (Å²) in [4.78, 5) is 15.0. The molecule has 6 nitrogen and oxygen atoms in total. The second-order valence-corrected chi connectivity index (χ2v) is 7.88. The number of hydrogen-bond acceptors (Lipinski definition) is 6. The van der Waals surface area contributed by atoms with Gasteiger partial charge in [-0.25, -0.2) is 0 Å². The fourth-order valence-corrected chi connectivity index (χ4v) is 4.44. The molecule has 0 aliphatic carbocycles. The van der Waals surface area contributed by atoms with E-state index < -0.39 is 0 Å². The average molecular weight is 408 g/mol. The van der Waals surface area contributed by atoms with Gasteiger partial charge >= 0.3 is 5.97 Å². The molecule has 1 fully saturated rings. The Balaban J connectivity index is 1.56. The number of rotatable bonds is 7. The molecule has 2 aromatic rings. The van der Waals surface area contributed by atoms with Crippen LogP contribution in [0.1, 0.15) is 44.7 Å². The summed E-state index contributed by atoms with van der Waals surface area (Å²) in [5.41, 5.74) is 2.68. The van der Waals surface area contributed by atoms with Gasteiger partial charge < -0.3 is 9.47 Å². The maximum atomic E-state index is 12.7. The summed E-state index contributed by atoms with van der Waals surface area (Å²) in [5.74, 6) is 1.03. The fraction of sp³-hybridized carbons (Fsp3) is 0.458. The van der Waals surface area contributed by atoms with Crippen LogP contribution in [0.15, 0.2) is 58.8 Å². The largest absolute Gasteiger partial charge is 0.493 e. The first-order valence-corrected chi connectivity index (χ1v) is 10.9.